The van der Waals surface area contributed by atoms with Crippen LogP contribution in [0, 0.1) is 0 Å². The van der Waals surface area contributed by atoms with Crippen LogP contribution in [-0.2, 0) is 6.42 Å². The Labute approximate surface area is 98.4 Å². The van der Waals surface area contributed by atoms with Gasteiger partial charge in [-0.05, 0) is 38.1 Å². The molecule has 1 aromatic rings. The summed E-state index contributed by atoms with van der Waals surface area (Å²) in [7, 11) is 2.15. The summed E-state index contributed by atoms with van der Waals surface area (Å²) in [4.78, 5) is 2.34. The SMILES string of the molecule is CCCCN(C)CCc1cccc(N)c1N. The summed E-state index contributed by atoms with van der Waals surface area (Å²) in [5.41, 5.74) is 14.3. The molecule has 4 N–H and O–H groups in total. The Bertz CT molecular complexity index is 323. The molecule has 1 aromatic carbocycles. The van der Waals surface area contributed by atoms with E-state index in [9.17, 15) is 0 Å². The number of unbranched alkanes of at least 4 members (excludes halogenated alkanes) is 1. The third-order valence-electron chi connectivity index (χ3n) is 2.89. The van der Waals surface area contributed by atoms with Crippen LogP contribution in [0.3, 0.4) is 0 Å². The largest absolute Gasteiger partial charge is 0.397 e. The first-order chi connectivity index (χ1) is 7.65. The van der Waals surface area contributed by atoms with E-state index in [-0.39, 0.29) is 0 Å². The summed E-state index contributed by atoms with van der Waals surface area (Å²) in [6.07, 6.45) is 3.46. The van der Waals surface area contributed by atoms with E-state index < -0.39 is 0 Å². The van der Waals surface area contributed by atoms with Crippen molar-refractivity contribution in [1.82, 2.24) is 4.90 Å². The van der Waals surface area contributed by atoms with E-state index in [0.717, 1.165) is 30.8 Å². The molecule has 0 radical (unpaired) electrons. The van der Waals surface area contributed by atoms with Crippen molar-refractivity contribution in [2.45, 2.75) is 26.2 Å². The van der Waals surface area contributed by atoms with Crippen molar-refractivity contribution < 1.29 is 0 Å². The van der Waals surface area contributed by atoms with Crippen LogP contribution in [-0.4, -0.2) is 25.0 Å². The molecule has 0 fully saturated rings. The number of nitrogens with two attached hydrogens (primary N) is 2. The molecule has 0 aromatic heterocycles. The maximum atomic E-state index is 5.93. The lowest BCUT2D eigenvalue weighted by molar-refractivity contribution is 0.332. The standard InChI is InChI=1S/C13H23N3/c1-3-4-9-16(2)10-8-11-6-5-7-12(14)13(11)15/h5-7H,3-4,8-10,14-15H2,1-2H3. The summed E-state index contributed by atoms with van der Waals surface area (Å²) in [5, 5.41) is 0. The minimum atomic E-state index is 0.689. The Hall–Kier alpha value is -1.22. The van der Waals surface area contributed by atoms with Gasteiger partial charge in [-0.3, -0.25) is 0 Å². The minimum Gasteiger partial charge on any atom is -0.397 e. The lowest BCUT2D eigenvalue weighted by Crippen LogP contribution is -2.22. The molecule has 0 aliphatic heterocycles. The highest BCUT2D eigenvalue weighted by atomic mass is 15.1. The van der Waals surface area contributed by atoms with Crippen molar-refractivity contribution in [3.63, 3.8) is 0 Å². The molecule has 0 unspecified atom stereocenters. The van der Waals surface area contributed by atoms with Gasteiger partial charge in [-0.15, -0.1) is 0 Å². The summed E-state index contributed by atoms with van der Waals surface area (Å²) in [6.45, 7) is 4.40. The van der Waals surface area contributed by atoms with E-state index >= 15 is 0 Å². The Balaban J connectivity index is 2.45. The molecule has 90 valence electrons. The third-order valence-corrected chi connectivity index (χ3v) is 2.89. The fourth-order valence-electron chi connectivity index (χ4n) is 1.70. The average Bonchev–Trinajstić information content (AvgIpc) is 2.28. The van der Waals surface area contributed by atoms with E-state index in [0.29, 0.717) is 5.69 Å². The maximum Gasteiger partial charge on any atom is 0.0580 e. The number of nitrogens with zero attached hydrogens (tertiary/aromatic N) is 1. The predicted molar refractivity (Wildman–Crippen MR) is 71.4 cm³/mol. The molecule has 3 nitrogen and oxygen atoms in total. The lowest BCUT2D eigenvalue weighted by atomic mass is 10.1. The molecular formula is C13H23N3. The molecule has 0 aliphatic rings. The van der Waals surface area contributed by atoms with Crippen LogP contribution in [0.4, 0.5) is 11.4 Å². The van der Waals surface area contributed by atoms with Crippen LogP contribution >= 0.6 is 0 Å². The Morgan fingerprint density at radius 2 is 1.94 bits per heavy atom. The van der Waals surface area contributed by atoms with Gasteiger partial charge >= 0.3 is 0 Å². The molecule has 3 heteroatoms. The number of hydrogen-bond donors (Lipinski definition) is 2. The van der Waals surface area contributed by atoms with Gasteiger partial charge in [-0.25, -0.2) is 0 Å². The summed E-state index contributed by atoms with van der Waals surface area (Å²) >= 11 is 0. The maximum absolute atomic E-state index is 5.93. The van der Waals surface area contributed by atoms with Crippen molar-refractivity contribution in [2.75, 3.05) is 31.6 Å². The zero-order chi connectivity index (χ0) is 12.0. The van der Waals surface area contributed by atoms with Gasteiger partial charge in [0, 0.05) is 6.54 Å². The molecule has 0 atom stereocenters. The van der Waals surface area contributed by atoms with Gasteiger partial charge < -0.3 is 16.4 Å². The number of para-hydroxylation sites is 1. The number of nitrogen functional groups attached to an aromatic ring is 2. The van der Waals surface area contributed by atoms with Crippen LogP contribution in [0.2, 0.25) is 0 Å². The second kappa shape index (κ2) is 6.38. The first kappa shape index (κ1) is 12.8. The van der Waals surface area contributed by atoms with Gasteiger partial charge in [0.2, 0.25) is 0 Å². The summed E-state index contributed by atoms with van der Waals surface area (Å²) in [5.74, 6) is 0. The monoisotopic (exact) mass is 221 g/mol. The Morgan fingerprint density at radius 3 is 2.62 bits per heavy atom. The van der Waals surface area contributed by atoms with Crippen molar-refractivity contribution >= 4 is 11.4 Å². The molecule has 0 spiro atoms. The van der Waals surface area contributed by atoms with Gasteiger partial charge in [0.1, 0.15) is 0 Å². The fraction of sp³-hybridized carbons (Fsp3) is 0.538. The average molecular weight is 221 g/mol. The predicted octanol–water partition coefficient (Wildman–Crippen LogP) is 2.13. The van der Waals surface area contributed by atoms with Gasteiger partial charge in [0.15, 0.2) is 0 Å². The topological polar surface area (TPSA) is 55.3 Å². The van der Waals surface area contributed by atoms with Crippen LogP contribution < -0.4 is 11.5 Å². The minimum absolute atomic E-state index is 0.689. The third kappa shape index (κ3) is 3.74. The molecule has 1 rings (SSSR count). The number of likely N-dealkylation sites (N-methyl/N-ethyl adjacent to an activating group) is 1. The quantitative estimate of drug-likeness (QED) is 0.723. The lowest BCUT2D eigenvalue weighted by Gasteiger charge is -2.17. The second-order valence-corrected chi connectivity index (χ2v) is 4.33. The van der Waals surface area contributed by atoms with Gasteiger partial charge in [-0.1, -0.05) is 25.5 Å². The number of hydrogen-bond acceptors (Lipinski definition) is 3. The molecule has 0 aliphatic carbocycles. The van der Waals surface area contributed by atoms with Crippen LogP contribution in [0.25, 0.3) is 0 Å². The molecule has 0 saturated heterocycles. The van der Waals surface area contributed by atoms with Gasteiger partial charge in [0.25, 0.3) is 0 Å². The smallest absolute Gasteiger partial charge is 0.0580 e. The molecule has 0 saturated carbocycles. The van der Waals surface area contributed by atoms with E-state index in [1.807, 2.05) is 12.1 Å². The van der Waals surface area contributed by atoms with Crippen LogP contribution in [0.15, 0.2) is 18.2 Å². The van der Waals surface area contributed by atoms with E-state index in [1.54, 1.807) is 0 Å². The zero-order valence-electron chi connectivity index (χ0n) is 10.4. The number of benzene rings is 1. The molecule has 0 heterocycles. The number of anilines is 2. The van der Waals surface area contributed by atoms with Gasteiger partial charge in [0.05, 0.1) is 11.4 Å². The molecule has 0 bridgehead atoms. The highest BCUT2D eigenvalue weighted by Gasteiger charge is 2.03. The first-order valence-electron chi connectivity index (χ1n) is 5.96. The highest BCUT2D eigenvalue weighted by molar-refractivity contribution is 5.67. The van der Waals surface area contributed by atoms with Gasteiger partial charge in [-0.2, -0.15) is 0 Å². The number of rotatable bonds is 6. The van der Waals surface area contributed by atoms with E-state index in [4.69, 9.17) is 11.5 Å². The van der Waals surface area contributed by atoms with E-state index in [1.165, 1.54) is 12.8 Å². The zero-order valence-corrected chi connectivity index (χ0v) is 10.4. The molecule has 0 amide bonds. The summed E-state index contributed by atoms with van der Waals surface area (Å²) < 4.78 is 0. The van der Waals surface area contributed by atoms with Crippen molar-refractivity contribution in [3.8, 4) is 0 Å². The van der Waals surface area contributed by atoms with Crippen molar-refractivity contribution in [3.05, 3.63) is 23.8 Å². The molecular weight excluding hydrogens is 198 g/mol. The first-order valence-corrected chi connectivity index (χ1v) is 5.96. The Morgan fingerprint density at radius 1 is 1.19 bits per heavy atom. The fourth-order valence-corrected chi connectivity index (χ4v) is 1.70. The van der Waals surface area contributed by atoms with Crippen molar-refractivity contribution in [2.24, 2.45) is 0 Å². The van der Waals surface area contributed by atoms with Crippen molar-refractivity contribution in [1.29, 1.82) is 0 Å². The summed E-state index contributed by atoms with van der Waals surface area (Å²) in [6, 6.07) is 5.87. The molecule has 16 heavy (non-hydrogen) atoms. The normalized spacial score (nSPS) is 10.9. The van der Waals surface area contributed by atoms with E-state index in [2.05, 4.69) is 24.9 Å². The second-order valence-electron chi connectivity index (χ2n) is 4.33. The van der Waals surface area contributed by atoms with Crippen LogP contribution in [0.5, 0.6) is 0 Å². The Kier molecular flexibility index (Phi) is 5.12. The van der Waals surface area contributed by atoms with Crippen LogP contribution in [0.1, 0.15) is 25.3 Å². The highest BCUT2D eigenvalue weighted by Crippen LogP contribution is 2.19.